The monoisotopic (exact) mass is 502 g/mol. The third kappa shape index (κ3) is 7.43. The molecule has 2 atom stereocenters. The van der Waals surface area contributed by atoms with Gasteiger partial charge in [0.15, 0.2) is 0 Å². The molecule has 0 radical (unpaired) electrons. The van der Waals surface area contributed by atoms with Crippen LogP contribution >= 0.6 is 0 Å². The van der Waals surface area contributed by atoms with E-state index in [9.17, 15) is 9.59 Å². The van der Waals surface area contributed by atoms with Crippen LogP contribution in [0.4, 0.5) is 0 Å². The topological polar surface area (TPSA) is 34.1 Å². The van der Waals surface area contributed by atoms with Crippen molar-refractivity contribution in [3.8, 4) is 0 Å². The minimum Gasteiger partial charge on any atom is -0.298 e. The molecule has 2 heteroatoms. The average molecular weight is 503 g/mol. The van der Waals surface area contributed by atoms with Gasteiger partial charge < -0.3 is 0 Å². The Labute approximate surface area is 226 Å². The summed E-state index contributed by atoms with van der Waals surface area (Å²) in [5, 5.41) is 0. The van der Waals surface area contributed by atoms with Crippen LogP contribution in [0, 0.1) is 11.8 Å². The molecule has 0 heterocycles. The van der Waals surface area contributed by atoms with Crippen molar-refractivity contribution in [2.24, 2.45) is 11.8 Å². The molecule has 0 N–H and O–H groups in total. The number of benzene rings is 2. The van der Waals surface area contributed by atoms with Gasteiger partial charge in [0.05, 0.1) is 0 Å². The molecule has 2 fully saturated rings. The molecule has 2 aromatic carbocycles. The van der Waals surface area contributed by atoms with Crippen LogP contribution < -0.4 is 0 Å². The lowest BCUT2D eigenvalue weighted by atomic mass is 9.72. The Morgan fingerprint density at radius 1 is 0.703 bits per heavy atom. The van der Waals surface area contributed by atoms with E-state index >= 15 is 0 Å². The molecular formula is C35H50O2. The van der Waals surface area contributed by atoms with Gasteiger partial charge in [-0.2, -0.15) is 0 Å². The van der Waals surface area contributed by atoms with Crippen LogP contribution in [0.3, 0.4) is 0 Å². The lowest BCUT2D eigenvalue weighted by Gasteiger charge is -2.32. The van der Waals surface area contributed by atoms with Crippen LogP contribution in [0.5, 0.6) is 0 Å². The molecule has 0 aliphatic heterocycles. The average Bonchev–Trinajstić information content (AvgIpc) is 2.97. The van der Waals surface area contributed by atoms with Gasteiger partial charge >= 0.3 is 0 Å². The number of hydrogen-bond donors (Lipinski definition) is 0. The summed E-state index contributed by atoms with van der Waals surface area (Å²) < 4.78 is 0. The molecule has 0 aromatic heterocycles. The zero-order valence-corrected chi connectivity index (χ0v) is 23.9. The Hall–Kier alpha value is -2.22. The zero-order chi connectivity index (χ0) is 26.6. The van der Waals surface area contributed by atoms with E-state index in [4.69, 9.17) is 0 Å². The number of aldehydes is 2. The summed E-state index contributed by atoms with van der Waals surface area (Å²) in [4.78, 5) is 22.3. The van der Waals surface area contributed by atoms with Crippen LogP contribution in [0.2, 0.25) is 0 Å². The highest BCUT2D eigenvalue weighted by Gasteiger charge is 2.27. The highest BCUT2D eigenvalue weighted by atomic mass is 16.1. The van der Waals surface area contributed by atoms with Crippen molar-refractivity contribution >= 4 is 12.6 Å². The van der Waals surface area contributed by atoms with Gasteiger partial charge in [-0.3, -0.25) is 9.59 Å². The molecule has 0 amide bonds. The van der Waals surface area contributed by atoms with Crippen LogP contribution in [0.25, 0.3) is 0 Å². The van der Waals surface area contributed by atoms with Crippen LogP contribution in [0.15, 0.2) is 36.4 Å². The first-order valence-corrected chi connectivity index (χ1v) is 15.2. The van der Waals surface area contributed by atoms with Crippen LogP contribution in [-0.2, 0) is 12.8 Å². The predicted molar refractivity (Wildman–Crippen MR) is 157 cm³/mol. The Morgan fingerprint density at radius 2 is 1.27 bits per heavy atom. The lowest BCUT2D eigenvalue weighted by molar-refractivity contribution is 0.111. The lowest BCUT2D eigenvalue weighted by Crippen LogP contribution is -2.19. The minimum absolute atomic E-state index is 0.679. The summed E-state index contributed by atoms with van der Waals surface area (Å²) in [5.41, 5.74) is 7.27. The third-order valence-electron chi connectivity index (χ3n) is 9.27. The standard InChI is InChI=1S/C18H26O.C17H24O/c1-3-6-14-9-11-15(12-10-14)18-8-5-7-16(13-19)17(18)4-2;1-3-13-8-5-6-10-16(13)17-11-7-9-14(12-18)15(17)4-2/h5,7-8,13-15H,3-4,6,9-12H2,1-2H3;7,9,11-13,16H,3-6,8,10H2,1-2H3. The normalized spacial score (nSPS) is 23.6. The first-order chi connectivity index (χ1) is 18.1. The molecule has 4 rings (SSSR count). The van der Waals surface area contributed by atoms with Crippen molar-refractivity contribution in [2.75, 3.05) is 0 Å². The van der Waals surface area contributed by atoms with Crippen molar-refractivity contribution in [1.82, 2.24) is 0 Å². The Bertz CT molecular complexity index is 983. The quantitative estimate of drug-likeness (QED) is 0.320. The first-order valence-electron chi connectivity index (χ1n) is 15.2. The van der Waals surface area contributed by atoms with Crippen molar-refractivity contribution in [1.29, 1.82) is 0 Å². The largest absolute Gasteiger partial charge is 0.298 e. The van der Waals surface area contributed by atoms with Gasteiger partial charge in [-0.05, 0) is 97.3 Å². The number of rotatable bonds is 9. The molecule has 2 saturated carbocycles. The van der Waals surface area contributed by atoms with Gasteiger partial charge in [0.1, 0.15) is 12.6 Å². The van der Waals surface area contributed by atoms with E-state index in [1.54, 1.807) is 0 Å². The summed E-state index contributed by atoms with van der Waals surface area (Å²) >= 11 is 0. The van der Waals surface area contributed by atoms with E-state index in [1.165, 1.54) is 92.9 Å². The van der Waals surface area contributed by atoms with Crippen molar-refractivity contribution in [3.63, 3.8) is 0 Å². The summed E-state index contributed by atoms with van der Waals surface area (Å²) in [5.74, 6) is 3.12. The molecular weight excluding hydrogens is 452 g/mol. The van der Waals surface area contributed by atoms with Gasteiger partial charge in [0, 0.05) is 11.1 Å². The molecule has 0 saturated heterocycles. The zero-order valence-electron chi connectivity index (χ0n) is 23.9. The smallest absolute Gasteiger partial charge is 0.150 e. The van der Waals surface area contributed by atoms with E-state index in [2.05, 4.69) is 52.0 Å². The third-order valence-corrected chi connectivity index (χ3v) is 9.27. The molecule has 0 spiro atoms. The molecule has 37 heavy (non-hydrogen) atoms. The second-order valence-corrected chi connectivity index (χ2v) is 11.3. The SMILES string of the molecule is CCCC1CCC(c2cccc(C=O)c2CC)CC1.CCc1c(C=O)cccc1C1CCCCC1CC. The second kappa shape index (κ2) is 15.3. The van der Waals surface area contributed by atoms with Crippen LogP contribution in [-0.4, -0.2) is 12.6 Å². The second-order valence-electron chi connectivity index (χ2n) is 11.3. The maximum atomic E-state index is 11.2. The van der Waals surface area contributed by atoms with E-state index in [-0.39, 0.29) is 0 Å². The summed E-state index contributed by atoms with van der Waals surface area (Å²) in [6.45, 7) is 8.91. The fourth-order valence-electron chi connectivity index (χ4n) is 7.29. The Balaban J connectivity index is 0.000000206. The fourth-order valence-corrected chi connectivity index (χ4v) is 7.29. The summed E-state index contributed by atoms with van der Waals surface area (Å²) in [6, 6.07) is 12.5. The van der Waals surface area contributed by atoms with Crippen molar-refractivity contribution < 1.29 is 9.59 Å². The van der Waals surface area contributed by atoms with E-state index < -0.39 is 0 Å². The molecule has 2 aromatic rings. The molecule has 2 nitrogen and oxygen atoms in total. The van der Waals surface area contributed by atoms with Crippen molar-refractivity contribution in [3.05, 3.63) is 69.8 Å². The van der Waals surface area contributed by atoms with Gasteiger partial charge in [-0.1, -0.05) is 96.2 Å². The number of carbonyl (C=O) groups is 2. The molecule has 202 valence electrons. The van der Waals surface area contributed by atoms with E-state index in [0.717, 1.165) is 48.4 Å². The molecule has 2 aliphatic rings. The van der Waals surface area contributed by atoms with Gasteiger partial charge in [-0.15, -0.1) is 0 Å². The number of hydrogen-bond acceptors (Lipinski definition) is 2. The maximum Gasteiger partial charge on any atom is 0.150 e. The van der Waals surface area contributed by atoms with Crippen molar-refractivity contribution in [2.45, 2.75) is 123 Å². The summed E-state index contributed by atoms with van der Waals surface area (Å²) in [7, 11) is 0. The van der Waals surface area contributed by atoms with Gasteiger partial charge in [-0.25, -0.2) is 0 Å². The highest BCUT2D eigenvalue weighted by Crippen LogP contribution is 2.41. The highest BCUT2D eigenvalue weighted by molar-refractivity contribution is 5.78. The summed E-state index contributed by atoms with van der Waals surface area (Å²) in [6.07, 6.45) is 18.7. The first kappa shape index (κ1) is 29.3. The Kier molecular flexibility index (Phi) is 12.1. The van der Waals surface area contributed by atoms with Crippen LogP contribution in [0.1, 0.15) is 153 Å². The minimum atomic E-state index is 0.679. The van der Waals surface area contributed by atoms with Gasteiger partial charge in [0.25, 0.3) is 0 Å². The molecule has 2 aliphatic carbocycles. The molecule has 2 unspecified atom stereocenters. The Morgan fingerprint density at radius 3 is 1.81 bits per heavy atom. The number of carbonyl (C=O) groups excluding carboxylic acids is 2. The van der Waals surface area contributed by atoms with E-state index in [1.807, 2.05) is 12.1 Å². The molecule has 0 bridgehead atoms. The van der Waals surface area contributed by atoms with Gasteiger partial charge in [0.2, 0.25) is 0 Å². The van der Waals surface area contributed by atoms with E-state index in [0.29, 0.717) is 11.8 Å². The predicted octanol–water partition coefficient (Wildman–Crippen LogP) is 9.88. The maximum absolute atomic E-state index is 11.2. The fraction of sp³-hybridized carbons (Fsp3) is 0.600.